The largest absolute Gasteiger partial charge is 0.497 e. The van der Waals surface area contributed by atoms with Crippen LogP contribution in [0.3, 0.4) is 0 Å². The molecule has 2 amide bonds. The fraction of sp³-hybridized carbons (Fsp3) is 0.467. The molecule has 0 radical (unpaired) electrons. The van der Waals surface area contributed by atoms with E-state index in [1.165, 1.54) is 12.0 Å². The summed E-state index contributed by atoms with van der Waals surface area (Å²) in [6.45, 7) is 1.67. The zero-order chi connectivity index (χ0) is 29.5. The van der Waals surface area contributed by atoms with Gasteiger partial charge in [0.1, 0.15) is 24.6 Å². The third-order valence-corrected chi connectivity index (χ3v) is 7.38. The molecule has 0 bridgehead atoms. The lowest BCUT2D eigenvalue weighted by molar-refractivity contribution is -0.141. The number of fused-ring (bicyclic) bond motifs is 3. The van der Waals surface area contributed by atoms with Crippen molar-refractivity contribution >= 4 is 11.8 Å². The van der Waals surface area contributed by atoms with Crippen LogP contribution in [0, 0.1) is 0 Å². The van der Waals surface area contributed by atoms with E-state index in [9.17, 15) is 24.9 Å². The van der Waals surface area contributed by atoms with Gasteiger partial charge >= 0.3 is 0 Å². The summed E-state index contributed by atoms with van der Waals surface area (Å²) in [6, 6.07) is 9.95. The van der Waals surface area contributed by atoms with Crippen molar-refractivity contribution < 1.29 is 43.9 Å². The second-order valence-corrected chi connectivity index (χ2v) is 9.84. The first-order valence-corrected chi connectivity index (χ1v) is 13.6. The van der Waals surface area contributed by atoms with E-state index in [-0.39, 0.29) is 44.4 Å². The minimum absolute atomic E-state index is 0.0251. The second-order valence-electron chi connectivity index (χ2n) is 9.84. The molecule has 0 spiro atoms. The molecule has 2 aromatic rings. The molecule has 11 heteroatoms. The number of aliphatic hydroxyl groups is 3. The van der Waals surface area contributed by atoms with Crippen molar-refractivity contribution in [1.29, 1.82) is 0 Å². The highest BCUT2D eigenvalue weighted by molar-refractivity contribution is 5.96. The molecule has 2 aromatic carbocycles. The summed E-state index contributed by atoms with van der Waals surface area (Å²) in [4.78, 5) is 28.4. The number of aliphatic hydroxyl groups excluding tert-OH is 3. The van der Waals surface area contributed by atoms with Crippen LogP contribution in [0.4, 0.5) is 0 Å². The number of nitrogens with one attached hydrogen (secondary N) is 1. The van der Waals surface area contributed by atoms with E-state index in [0.717, 1.165) is 5.56 Å². The van der Waals surface area contributed by atoms with E-state index in [4.69, 9.17) is 18.9 Å². The number of rotatable bonds is 13. The summed E-state index contributed by atoms with van der Waals surface area (Å²) in [7, 11) is 3.05. The number of amides is 2. The molecular weight excluding hydrogens is 532 g/mol. The van der Waals surface area contributed by atoms with Crippen molar-refractivity contribution in [2.75, 3.05) is 47.1 Å². The van der Waals surface area contributed by atoms with Gasteiger partial charge in [-0.1, -0.05) is 12.1 Å². The topological polar surface area (TPSA) is 147 Å². The fourth-order valence-electron chi connectivity index (χ4n) is 5.41. The fourth-order valence-corrected chi connectivity index (χ4v) is 5.41. The van der Waals surface area contributed by atoms with Crippen LogP contribution >= 0.6 is 0 Å². The molecule has 0 unspecified atom stereocenters. The number of hydrogen-bond acceptors (Lipinski definition) is 9. The summed E-state index contributed by atoms with van der Waals surface area (Å²) < 4.78 is 22.5. The van der Waals surface area contributed by atoms with Gasteiger partial charge in [0.2, 0.25) is 11.8 Å². The van der Waals surface area contributed by atoms with Gasteiger partial charge in [-0.15, -0.1) is 0 Å². The summed E-state index contributed by atoms with van der Waals surface area (Å²) in [5.41, 5.74) is 2.36. The first kappa shape index (κ1) is 30.3. The van der Waals surface area contributed by atoms with Gasteiger partial charge in [-0.3, -0.25) is 9.59 Å². The molecule has 1 aliphatic carbocycles. The molecule has 2 aliphatic rings. The molecule has 0 fully saturated rings. The van der Waals surface area contributed by atoms with Crippen LogP contribution in [0.15, 0.2) is 48.0 Å². The summed E-state index contributed by atoms with van der Waals surface area (Å²) in [5, 5.41) is 33.6. The maximum atomic E-state index is 13.4. The van der Waals surface area contributed by atoms with Crippen LogP contribution in [-0.2, 0) is 27.4 Å². The first-order chi connectivity index (χ1) is 19.9. The Labute approximate surface area is 239 Å². The highest BCUT2D eigenvalue weighted by atomic mass is 16.5. The Balaban J connectivity index is 1.75. The Kier molecular flexibility index (Phi) is 10.2. The van der Waals surface area contributed by atoms with Crippen LogP contribution in [0.1, 0.15) is 29.5 Å². The van der Waals surface area contributed by atoms with Crippen molar-refractivity contribution in [3.05, 3.63) is 64.7 Å². The predicted molar refractivity (Wildman–Crippen MR) is 149 cm³/mol. The highest BCUT2D eigenvalue weighted by Crippen LogP contribution is 2.51. The number of carbonyl (C=O) groups excluding carboxylic acids is 2. The molecule has 41 heavy (non-hydrogen) atoms. The molecule has 0 saturated carbocycles. The minimum Gasteiger partial charge on any atom is -0.497 e. The maximum absolute atomic E-state index is 13.4. The van der Waals surface area contributed by atoms with E-state index in [1.54, 1.807) is 32.2 Å². The molecule has 1 aliphatic heterocycles. The normalized spacial score (nSPS) is 20.8. The van der Waals surface area contributed by atoms with E-state index >= 15 is 0 Å². The number of ether oxygens (including phenoxy) is 4. The van der Waals surface area contributed by atoms with Crippen LogP contribution in [0.2, 0.25) is 0 Å². The first-order valence-electron chi connectivity index (χ1n) is 13.6. The number of carbonyl (C=O) groups is 2. The summed E-state index contributed by atoms with van der Waals surface area (Å²) in [6.07, 6.45) is -0.0668. The monoisotopic (exact) mass is 570 g/mol. The molecule has 4 N–H and O–H groups in total. The third-order valence-electron chi connectivity index (χ3n) is 7.38. The predicted octanol–water partition coefficient (Wildman–Crippen LogP) is 0.927. The molecule has 0 aromatic heterocycles. The molecule has 11 nitrogen and oxygen atoms in total. The van der Waals surface area contributed by atoms with Crippen LogP contribution in [0.5, 0.6) is 17.2 Å². The van der Waals surface area contributed by atoms with Gasteiger partial charge in [-0.2, -0.15) is 0 Å². The standard InChI is InChI=1S/C30H38N2O9/c1-4-40-17-25(35)32(10-8-18-6-5-7-20(12-18)38-2)23-15-22(30(37)31-9-11-33)26-21-13-19(16-34)14-24(39-3)28(21)41-29(26)27(23)36/h5-7,12-15,23,26-27,29,33-34,36H,4,8-11,16-17H2,1-3H3,(H,31,37)/t23-,26+,27+,29+/m1/s1. The SMILES string of the molecule is CCOCC(=O)N(CCc1cccc(OC)c1)[C@@H]1C=C(C(=O)NCCO)[C@@H]2c3cc(CO)cc(OC)c3O[C@@H]2[C@H]1O. The number of methoxy groups -OCH3 is 2. The zero-order valence-corrected chi connectivity index (χ0v) is 23.5. The average Bonchev–Trinajstić information content (AvgIpc) is 3.39. The van der Waals surface area contributed by atoms with Gasteiger partial charge < -0.3 is 44.5 Å². The van der Waals surface area contributed by atoms with Crippen molar-refractivity contribution in [1.82, 2.24) is 10.2 Å². The van der Waals surface area contributed by atoms with Crippen molar-refractivity contribution in [2.24, 2.45) is 0 Å². The molecule has 222 valence electrons. The lowest BCUT2D eigenvalue weighted by Gasteiger charge is -2.40. The molecular formula is C30H38N2O9. The summed E-state index contributed by atoms with van der Waals surface area (Å²) >= 11 is 0. The smallest absolute Gasteiger partial charge is 0.249 e. The number of nitrogens with zero attached hydrogens (tertiary/aromatic N) is 1. The average molecular weight is 571 g/mol. The van der Waals surface area contributed by atoms with Gasteiger partial charge in [0.15, 0.2) is 11.5 Å². The van der Waals surface area contributed by atoms with E-state index < -0.39 is 30.1 Å². The number of hydrogen-bond donors (Lipinski definition) is 4. The third kappa shape index (κ3) is 6.48. The minimum atomic E-state index is -1.21. The van der Waals surface area contributed by atoms with Crippen LogP contribution in [0.25, 0.3) is 0 Å². The van der Waals surface area contributed by atoms with Crippen molar-refractivity contribution in [3.8, 4) is 17.2 Å². The van der Waals surface area contributed by atoms with Gasteiger partial charge in [0.25, 0.3) is 0 Å². The Morgan fingerprint density at radius 3 is 2.59 bits per heavy atom. The van der Waals surface area contributed by atoms with Gasteiger partial charge in [-0.25, -0.2) is 0 Å². The zero-order valence-electron chi connectivity index (χ0n) is 23.5. The second kappa shape index (κ2) is 13.8. The van der Waals surface area contributed by atoms with Crippen LogP contribution < -0.4 is 19.5 Å². The molecule has 0 saturated heterocycles. The molecule has 1 heterocycles. The quantitative estimate of drug-likeness (QED) is 0.276. The van der Waals surface area contributed by atoms with E-state index in [0.29, 0.717) is 41.4 Å². The lowest BCUT2D eigenvalue weighted by atomic mass is 9.77. The Bertz CT molecular complexity index is 1260. The van der Waals surface area contributed by atoms with E-state index in [1.807, 2.05) is 24.3 Å². The summed E-state index contributed by atoms with van der Waals surface area (Å²) in [5.74, 6) is -0.0881. The highest BCUT2D eigenvalue weighted by Gasteiger charge is 2.51. The van der Waals surface area contributed by atoms with Gasteiger partial charge in [0, 0.05) is 30.8 Å². The van der Waals surface area contributed by atoms with E-state index in [2.05, 4.69) is 5.32 Å². The van der Waals surface area contributed by atoms with Crippen molar-refractivity contribution in [3.63, 3.8) is 0 Å². The Hall–Kier alpha value is -3.64. The van der Waals surface area contributed by atoms with Crippen LogP contribution in [-0.4, -0.2) is 97.4 Å². The molecule has 4 rings (SSSR count). The maximum Gasteiger partial charge on any atom is 0.249 e. The van der Waals surface area contributed by atoms with Gasteiger partial charge in [0.05, 0.1) is 39.4 Å². The number of benzene rings is 2. The lowest BCUT2D eigenvalue weighted by Crippen LogP contribution is -2.56. The molecule has 4 atom stereocenters. The Morgan fingerprint density at radius 1 is 1.10 bits per heavy atom. The Morgan fingerprint density at radius 2 is 1.90 bits per heavy atom. The van der Waals surface area contributed by atoms with Gasteiger partial charge in [-0.05, 0) is 54.8 Å². The van der Waals surface area contributed by atoms with Crippen molar-refractivity contribution in [2.45, 2.75) is 44.1 Å².